The monoisotopic (exact) mass is 344 g/mol. The average molecular weight is 344 g/mol. The summed E-state index contributed by atoms with van der Waals surface area (Å²) >= 11 is 0. The first kappa shape index (κ1) is 17.4. The van der Waals surface area contributed by atoms with Crippen LogP contribution in [-0.2, 0) is 0 Å². The molecule has 0 aromatic heterocycles. The Morgan fingerprint density at radius 3 is 1.68 bits per heavy atom. The number of benzene rings is 3. The minimum Gasteiger partial charge on any atom is -0.384 e. The number of hydrogen-bond donors (Lipinski definition) is 1. The molecule has 0 fully saturated rings. The van der Waals surface area contributed by atoms with Crippen molar-refractivity contribution in [1.82, 2.24) is 0 Å². The maximum absolute atomic E-state index is 11.1. The summed E-state index contributed by atoms with van der Waals surface area (Å²) in [5, 5.41) is 12.1. The van der Waals surface area contributed by atoms with Crippen molar-refractivity contribution in [3.63, 3.8) is 0 Å². The third kappa shape index (κ3) is 3.96. The van der Waals surface area contributed by atoms with Gasteiger partial charge in [0, 0.05) is 5.29 Å². The summed E-state index contributed by atoms with van der Waals surface area (Å²) in [7, 11) is 3.80. The highest BCUT2D eigenvalue weighted by Gasteiger charge is 2.19. The molecule has 2 heteroatoms. The van der Waals surface area contributed by atoms with E-state index in [4.69, 9.17) is 0 Å². The van der Waals surface area contributed by atoms with E-state index in [1.165, 1.54) is 0 Å². The van der Waals surface area contributed by atoms with Gasteiger partial charge < -0.3 is 5.11 Å². The maximum Gasteiger partial charge on any atom is 0.105 e. The second-order valence-corrected chi connectivity index (χ2v) is 6.46. The number of allylic oxidation sites excluding steroid dienone is 1. The van der Waals surface area contributed by atoms with Gasteiger partial charge in [0.2, 0.25) is 0 Å². The van der Waals surface area contributed by atoms with E-state index < -0.39 is 6.10 Å². The SMILES string of the molecule is C/C(C(=P)c1ccccc1)=C(/c1ccccc1)C(O)c1ccccc1. The van der Waals surface area contributed by atoms with Gasteiger partial charge >= 0.3 is 0 Å². The van der Waals surface area contributed by atoms with E-state index in [-0.39, 0.29) is 0 Å². The third-order valence-corrected chi connectivity index (χ3v) is 4.98. The molecule has 1 nitrogen and oxygen atoms in total. The van der Waals surface area contributed by atoms with Gasteiger partial charge in [0.05, 0.1) is 0 Å². The molecule has 0 saturated heterocycles. The van der Waals surface area contributed by atoms with Crippen LogP contribution in [0.15, 0.2) is 96.6 Å². The van der Waals surface area contributed by atoms with Crippen LogP contribution in [0.1, 0.15) is 29.7 Å². The highest BCUT2D eigenvalue weighted by atomic mass is 31.0. The van der Waals surface area contributed by atoms with Gasteiger partial charge in [0.25, 0.3) is 0 Å². The summed E-state index contributed by atoms with van der Waals surface area (Å²) in [4.78, 5) is 0. The molecule has 3 aromatic rings. The van der Waals surface area contributed by atoms with Crippen molar-refractivity contribution < 1.29 is 5.11 Å². The lowest BCUT2D eigenvalue weighted by atomic mass is 9.89. The second kappa shape index (κ2) is 8.07. The molecule has 0 heterocycles. The largest absolute Gasteiger partial charge is 0.384 e. The minimum atomic E-state index is -0.696. The van der Waals surface area contributed by atoms with Crippen LogP contribution in [0.25, 0.3) is 5.57 Å². The topological polar surface area (TPSA) is 20.2 Å². The van der Waals surface area contributed by atoms with Crippen LogP contribution in [0, 0.1) is 0 Å². The van der Waals surface area contributed by atoms with E-state index >= 15 is 0 Å². The summed E-state index contributed by atoms with van der Waals surface area (Å²) in [5.41, 5.74) is 4.91. The maximum atomic E-state index is 11.1. The molecule has 0 radical (unpaired) electrons. The van der Waals surface area contributed by atoms with Crippen molar-refractivity contribution in [2.45, 2.75) is 13.0 Å². The van der Waals surface area contributed by atoms with Crippen LogP contribution in [0.4, 0.5) is 0 Å². The number of aliphatic hydroxyl groups is 1. The first-order chi connectivity index (χ1) is 12.2. The standard InChI is InChI=1S/C23H21OP/c1-17(23(25)20-15-9-4-10-16-20)21(18-11-5-2-6-12-18)22(24)19-13-7-3-8-14-19/h2-16,22,24-25H,1H3/b21-17+. The first-order valence-electron chi connectivity index (χ1n) is 8.32. The van der Waals surface area contributed by atoms with E-state index in [1.807, 2.05) is 85.8 Å². The highest BCUT2D eigenvalue weighted by molar-refractivity contribution is 7.23. The van der Waals surface area contributed by atoms with E-state index in [0.29, 0.717) is 0 Å². The zero-order valence-electron chi connectivity index (χ0n) is 14.2. The molecule has 124 valence electrons. The van der Waals surface area contributed by atoms with Crippen LogP contribution >= 0.6 is 8.86 Å². The molecule has 0 amide bonds. The summed E-state index contributed by atoms with van der Waals surface area (Å²) in [5.74, 6) is 0. The quantitative estimate of drug-likeness (QED) is 0.601. The molecule has 1 unspecified atom stereocenters. The van der Waals surface area contributed by atoms with Gasteiger partial charge in [-0.25, -0.2) is 0 Å². The fourth-order valence-corrected chi connectivity index (χ4v) is 3.26. The molecule has 3 aromatic carbocycles. The molecule has 25 heavy (non-hydrogen) atoms. The summed E-state index contributed by atoms with van der Waals surface area (Å²) in [6.07, 6.45) is -0.696. The molecule has 1 N–H and O–H groups in total. The molecule has 0 spiro atoms. The molecule has 3 rings (SSSR count). The van der Waals surface area contributed by atoms with Gasteiger partial charge in [-0.3, -0.25) is 0 Å². The minimum absolute atomic E-state index is 0.696. The number of aliphatic hydroxyl groups excluding tert-OH is 1. The van der Waals surface area contributed by atoms with Gasteiger partial charge in [-0.2, -0.15) is 0 Å². The van der Waals surface area contributed by atoms with E-state index in [1.54, 1.807) is 0 Å². The Kier molecular flexibility index (Phi) is 5.60. The highest BCUT2D eigenvalue weighted by Crippen LogP contribution is 2.34. The third-order valence-electron chi connectivity index (χ3n) is 4.32. The zero-order chi connectivity index (χ0) is 17.6. The molecule has 0 saturated carbocycles. The van der Waals surface area contributed by atoms with Gasteiger partial charge in [0.15, 0.2) is 0 Å². The van der Waals surface area contributed by atoms with Gasteiger partial charge in [-0.15, -0.1) is 8.86 Å². The molecule has 0 aliphatic carbocycles. The Morgan fingerprint density at radius 1 is 0.720 bits per heavy atom. The predicted octanol–water partition coefficient (Wildman–Crippen LogP) is 5.56. The van der Waals surface area contributed by atoms with Crippen molar-refractivity contribution in [2.75, 3.05) is 0 Å². The molecular weight excluding hydrogens is 323 g/mol. The second-order valence-electron chi connectivity index (χ2n) is 5.96. The van der Waals surface area contributed by atoms with Crippen LogP contribution < -0.4 is 0 Å². The number of hydrogen-bond acceptors (Lipinski definition) is 1. The lowest BCUT2D eigenvalue weighted by Crippen LogP contribution is -2.08. The molecule has 1 atom stereocenters. The smallest absolute Gasteiger partial charge is 0.105 e. The normalized spacial score (nSPS) is 13.0. The summed E-state index contributed by atoms with van der Waals surface area (Å²) < 4.78 is 0. The average Bonchev–Trinajstić information content (AvgIpc) is 2.69. The number of rotatable bonds is 5. The predicted molar refractivity (Wildman–Crippen MR) is 109 cm³/mol. The van der Waals surface area contributed by atoms with Gasteiger partial charge in [0.1, 0.15) is 6.10 Å². The van der Waals surface area contributed by atoms with Crippen molar-refractivity contribution in [1.29, 1.82) is 0 Å². The van der Waals surface area contributed by atoms with Crippen LogP contribution in [0.3, 0.4) is 0 Å². The summed E-state index contributed by atoms with van der Waals surface area (Å²) in [6, 6.07) is 30.0. The van der Waals surface area contributed by atoms with E-state index in [2.05, 4.69) is 21.0 Å². The van der Waals surface area contributed by atoms with Crippen LogP contribution in [0.5, 0.6) is 0 Å². The van der Waals surface area contributed by atoms with Crippen molar-refractivity contribution in [3.05, 3.63) is 113 Å². The Labute approximate surface area is 151 Å². The molecule has 0 aliphatic heterocycles. The first-order valence-corrected chi connectivity index (χ1v) is 8.82. The van der Waals surface area contributed by atoms with Crippen LogP contribution in [-0.4, -0.2) is 10.4 Å². The Morgan fingerprint density at radius 2 is 1.16 bits per heavy atom. The Balaban J connectivity index is 2.12. The Hall–Kier alpha value is -2.47. The van der Waals surface area contributed by atoms with Gasteiger partial charge in [-0.1, -0.05) is 91.0 Å². The van der Waals surface area contributed by atoms with Crippen LogP contribution in [0.2, 0.25) is 0 Å². The fraction of sp³-hybridized carbons (Fsp3) is 0.0870. The van der Waals surface area contributed by atoms with E-state index in [9.17, 15) is 5.11 Å². The van der Waals surface area contributed by atoms with Crippen molar-refractivity contribution in [2.24, 2.45) is 0 Å². The zero-order valence-corrected chi connectivity index (χ0v) is 15.2. The Bertz CT molecular complexity index is 868. The summed E-state index contributed by atoms with van der Waals surface area (Å²) in [6.45, 7) is 2.05. The molecule has 0 bridgehead atoms. The fourth-order valence-electron chi connectivity index (χ4n) is 2.96. The van der Waals surface area contributed by atoms with Gasteiger partial charge in [-0.05, 0) is 34.8 Å². The lowest BCUT2D eigenvalue weighted by molar-refractivity contribution is 0.238. The molecule has 0 aliphatic rings. The molecular formula is C23H21OP. The lowest BCUT2D eigenvalue weighted by Gasteiger charge is -2.20. The van der Waals surface area contributed by atoms with E-state index in [0.717, 1.165) is 33.1 Å². The van der Waals surface area contributed by atoms with Crippen molar-refractivity contribution in [3.8, 4) is 0 Å². The van der Waals surface area contributed by atoms with Crippen molar-refractivity contribution >= 4 is 19.7 Å².